The van der Waals surface area contributed by atoms with Gasteiger partial charge >= 0.3 is 6.16 Å². The molecular weight excluding hydrogens is 514 g/mol. The van der Waals surface area contributed by atoms with Gasteiger partial charge in [-0.15, -0.1) is 5.06 Å². The fourth-order valence-electron chi connectivity index (χ4n) is 4.23. The van der Waals surface area contributed by atoms with E-state index in [0.717, 1.165) is 17.2 Å². The molecule has 2 saturated heterocycles. The van der Waals surface area contributed by atoms with E-state index in [4.69, 9.17) is 19.0 Å². The molecule has 0 aromatic carbocycles. The molecule has 12 nitrogen and oxygen atoms in total. The van der Waals surface area contributed by atoms with Crippen LogP contribution in [0.5, 0.6) is 11.5 Å². The minimum Gasteiger partial charge on any atom is -0.490 e. The van der Waals surface area contributed by atoms with Gasteiger partial charge in [0.05, 0.1) is 29.8 Å². The van der Waals surface area contributed by atoms with Gasteiger partial charge in [-0.1, -0.05) is 0 Å². The number of anilines is 3. The highest BCUT2D eigenvalue weighted by molar-refractivity contribution is 7.91. The second-order valence-electron chi connectivity index (χ2n) is 9.73. The topological polar surface area (TPSA) is 132 Å². The number of carbonyl (C=O) groups excluding carboxylic acids is 1. The predicted molar refractivity (Wildman–Crippen MR) is 142 cm³/mol. The van der Waals surface area contributed by atoms with Gasteiger partial charge in [0.1, 0.15) is 11.9 Å². The summed E-state index contributed by atoms with van der Waals surface area (Å²) in [6.07, 6.45) is 3.19. The summed E-state index contributed by atoms with van der Waals surface area (Å²) in [6.45, 7) is 7.35. The highest BCUT2D eigenvalue weighted by Gasteiger charge is 2.35. The Hall–Kier alpha value is -3.32. The number of pyridine rings is 2. The van der Waals surface area contributed by atoms with Crippen molar-refractivity contribution < 1.29 is 32.3 Å². The number of nitrogens with one attached hydrogen (secondary N) is 1. The van der Waals surface area contributed by atoms with E-state index in [1.807, 2.05) is 24.0 Å². The summed E-state index contributed by atoms with van der Waals surface area (Å²) in [5, 5.41) is 4.51. The average molecular weight is 550 g/mol. The first-order valence-corrected chi connectivity index (χ1v) is 14.5. The molecule has 0 radical (unpaired) electrons. The van der Waals surface area contributed by atoms with Crippen molar-refractivity contribution >= 4 is 33.3 Å². The Morgan fingerprint density at radius 3 is 2.47 bits per heavy atom. The van der Waals surface area contributed by atoms with Crippen molar-refractivity contribution in [3.63, 3.8) is 0 Å². The lowest BCUT2D eigenvalue weighted by atomic mass is 10.1. The maximum Gasteiger partial charge on any atom is 0.528 e. The normalized spacial score (nSPS) is 17.2. The summed E-state index contributed by atoms with van der Waals surface area (Å²) in [7, 11) is -1.49. The largest absolute Gasteiger partial charge is 0.528 e. The van der Waals surface area contributed by atoms with Crippen LogP contribution in [-0.4, -0.2) is 86.6 Å². The zero-order valence-electron chi connectivity index (χ0n) is 22.3. The molecule has 4 heterocycles. The van der Waals surface area contributed by atoms with Crippen molar-refractivity contribution in [1.82, 2.24) is 15.0 Å². The van der Waals surface area contributed by atoms with Crippen molar-refractivity contribution in [3.05, 3.63) is 30.1 Å². The van der Waals surface area contributed by atoms with Gasteiger partial charge in [0, 0.05) is 57.5 Å². The van der Waals surface area contributed by atoms with Crippen molar-refractivity contribution in [2.24, 2.45) is 0 Å². The van der Waals surface area contributed by atoms with Crippen LogP contribution in [0.1, 0.15) is 32.4 Å². The third kappa shape index (κ3) is 6.76. The van der Waals surface area contributed by atoms with E-state index in [-0.39, 0.29) is 17.5 Å². The van der Waals surface area contributed by atoms with Crippen molar-refractivity contribution in [1.29, 1.82) is 0 Å². The Bertz CT molecular complexity index is 1240. The molecule has 2 aromatic rings. The fourth-order valence-corrected chi connectivity index (χ4v) is 5.13. The average Bonchev–Trinajstić information content (AvgIpc) is 2.80. The van der Waals surface area contributed by atoms with E-state index in [2.05, 4.69) is 15.3 Å². The molecule has 4 rings (SSSR count). The van der Waals surface area contributed by atoms with Crippen LogP contribution in [0, 0.1) is 6.92 Å². The molecule has 0 spiro atoms. The van der Waals surface area contributed by atoms with E-state index in [1.54, 1.807) is 38.3 Å². The Morgan fingerprint density at radius 2 is 1.87 bits per heavy atom. The van der Waals surface area contributed by atoms with Gasteiger partial charge in [0.15, 0.2) is 21.4 Å². The molecule has 2 aliphatic heterocycles. The SMILES string of the molecule is COc1c(OC2CCN(OC(=O)OC(C)C)CC2)ccnc1Nc1ccc(N2CC(S(C)(=O)=O)C2)nc1C. The molecule has 38 heavy (non-hydrogen) atoms. The van der Waals surface area contributed by atoms with E-state index in [9.17, 15) is 13.2 Å². The van der Waals surface area contributed by atoms with Crippen LogP contribution >= 0.6 is 0 Å². The number of hydrogen-bond donors (Lipinski definition) is 1. The highest BCUT2D eigenvalue weighted by Crippen LogP contribution is 2.37. The smallest absolute Gasteiger partial charge is 0.490 e. The molecule has 208 valence electrons. The summed E-state index contributed by atoms with van der Waals surface area (Å²) in [4.78, 5) is 28.0. The van der Waals surface area contributed by atoms with Gasteiger partial charge in [-0.2, -0.15) is 0 Å². The first kappa shape index (κ1) is 27.7. The summed E-state index contributed by atoms with van der Waals surface area (Å²) in [5.41, 5.74) is 1.49. The molecule has 2 aliphatic rings. The minimum atomic E-state index is -3.04. The highest BCUT2D eigenvalue weighted by atomic mass is 32.2. The predicted octanol–water partition coefficient (Wildman–Crippen LogP) is 3.09. The lowest BCUT2D eigenvalue weighted by molar-refractivity contribution is -0.151. The van der Waals surface area contributed by atoms with Crippen LogP contribution in [0.3, 0.4) is 0 Å². The number of sulfone groups is 1. The molecule has 0 saturated carbocycles. The van der Waals surface area contributed by atoms with E-state index in [0.29, 0.717) is 56.3 Å². The summed E-state index contributed by atoms with van der Waals surface area (Å²) < 4.78 is 40.3. The standard InChI is InChI=1S/C25H35N5O7S/c1-16(2)35-25(31)37-30-12-9-18(10-13-30)36-21-8-11-26-24(23(21)34-4)28-20-6-7-22(27-17(20)3)29-14-19(15-29)38(5,32)33/h6-8,11,16,18-19H,9-10,12-15H2,1-5H3,(H,26,28). The third-order valence-corrected chi connectivity index (χ3v) is 7.91. The van der Waals surface area contributed by atoms with E-state index < -0.39 is 16.0 Å². The van der Waals surface area contributed by atoms with Gasteiger partial charge in [0.25, 0.3) is 0 Å². The number of aromatic nitrogens is 2. The second-order valence-corrected chi connectivity index (χ2v) is 12.1. The zero-order chi connectivity index (χ0) is 27.4. The number of hydroxylamine groups is 2. The number of nitrogens with zero attached hydrogens (tertiary/aromatic N) is 4. The van der Waals surface area contributed by atoms with Crippen LogP contribution in [0.2, 0.25) is 0 Å². The first-order chi connectivity index (χ1) is 18.0. The Morgan fingerprint density at radius 1 is 1.16 bits per heavy atom. The third-order valence-electron chi connectivity index (χ3n) is 6.40. The summed E-state index contributed by atoms with van der Waals surface area (Å²) >= 11 is 0. The molecule has 13 heteroatoms. The van der Waals surface area contributed by atoms with Gasteiger partial charge in [-0.05, 0) is 32.9 Å². The molecule has 1 N–H and O–H groups in total. The van der Waals surface area contributed by atoms with Crippen LogP contribution in [0.25, 0.3) is 0 Å². The minimum absolute atomic E-state index is 0.0879. The number of ether oxygens (including phenoxy) is 3. The molecule has 2 aromatic heterocycles. The summed E-state index contributed by atoms with van der Waals surface area (Å²) in [6, 6.07) is 5.50. The molecule has 0 bridgehead atoms. The van der Waals surface area contributed by atoms with Gasteiger partial charge < -0.3 is 29.3 Å². The van der Waals surface area contributed by atoms with Crippen LogP contribution in [0.4, 0.5) is 22.1 Å². The molecule has 0 atom stereocenters. The van der Waals surface area contributed by atoms with Crippen LogP contribution < -0.4 is 19.7 Å². The van der Waals surface area contributed by atoms with Crippen molar-refractivity contribution in [2.45, 2.75) is 51.1 Å². The zero-order valence-corrected chi connectivity index (χ0v) is 23.2. The lowest BCUT2D eigenvalue weighted by Crippen LogP contribution is -2.54. The van der Waals surface area contributed by atoms with Gasteiger partial charge in [-0.3, -0.25) is 0 Å². The quantitative estimate of drug-likeness (QED) is 0.461. The Labute approximate surface area is 223 Å². The number of aryl methyl sites for hydroxylation is 1. The number of methoxy groups -OCH3 is 1. The summed E-state index contributed by atoms with van der Waals surface area (Å²) in [5.74, 6) is 2.24. The number of rotatable bonds is 9. The fraction of sp³-hybridized carbons (Fsp3) is 0.560. The number of piperidine rings is 1. The Balaban J connectivity index is 1.37. The lowest BCUT2D eigenvalue weighted by Gasteiger charge is -2.39. The second kappa shape index (κ2) is 11.6. The Kier molecular flexibility index (Phi) is 8.46. The van der Waals surface area contributed by atoms with Crippen molar-refractivity contribution in [3.8, 4) is 11.5 Å². The molecule has 0 aliphatic carbocycles. The molecular formula is C25H35N5O7S. The maximum absolute atomic E-state index is 11.7. The molecule has 0 amide bonds. The molecule has 2 fully saturated rings. The number of carbonyl (C=O) groups is 1. The van der Waals surface area contributed by atoms with E-state index in [1.165, 1.54) is 6.26 Å². The van der Waals surface area contributed by atoms with Gasteiger partial charge in [-0.25, -0.2) is 23.2 Å². The van der Waals surface area contributed by atoms with Crippen LogP contribution in [0.15, 0.2) is 24.4 Å². The first-order valence-electron chi connectivity index (χ1n) is 12.5. The molecule has 0 unspecified atom stereocenters. The monoisotopic (exact) mass is 549 g/mol. The maximum atomic E-state index is 11.7. The van der Waals surface area contributed by atoms with Crippen LogP contribution in [-0.2, 0) is 19.4 Å². The van der Waals surface area contributed by atoms with E-state index >= 15 is 0 Å². The number of hydrogen-bond acceptors (Lipinski definition) is 12. The van der Waals surface area contributed by atoms with Crippen molar-refractivity contribution in [2.75, 3.05) is 49.8 Å². The van der Waals surface area contributed by atoms with Gasteiger partial charge in [0.2, 0.25) is 5.75 Å².